The van der Waals surface area contributed by atoms with Gasteiger partial charge in [-0.25, -0.2) is 4.79 Å². The third-order valence-electron chi connectivity index (χ3n) is 3.33. The van der Waals surface area contributed by atoms with E-state index in [1.807, 2.05) is 0 Å². The van der Waals surface area contributed by atoms with Crippen molar-refractivity contribution in [3.05, 3.63) is 0 Å². The van der Waals surface area contributed by atoms with E-state index >= 15 is 0 Å². The van der Waals surface area contributed by atoms with Gasteiger partial charge in [-0.2, -0.15) is 0 Å². The van der Waals surface area contributed by atoms with Crippen LogP contribution in [0.2, 0.25) is 0 Å². The molecule has 0 aromatic heterocycles. The standard InChI is InChI=1S/C15H31NO2.Na.H/c1-4-5-6-7-8-9-10-11-12-13-14-16(2)15(17)18-3;;/h4-14H2,1-3H3;;/q;+1;-1. The van der Waals surface area contributed by atoms with Crippen LogP contribution in [0.5, 0.6) is 0 Å². The number of carbonyl (C=O) groups is 1. The fourth-order valence-corrected chi connectivity index (χ4v) is 2.08. The monoisotopic (exact) mass is 281 g/mol. The molecule has 0 fully saturated rings. The minimum Gasteiger partial charge on any atom is -1.00 e. The van der Waals surface area contributed by atoms with Crippen molar-refractivity contribution in [1.82, 2.24) is 4.90 Å². The zero-order chi connectivity index (χ0) is 13.6. The number of hydrogen-bond acceptors (Lipinski definition) is 2. The summed E-state index contributed by atoms with van der Waals surface area (Å²) in [6, 6.07) is 0. The first kappa shape index (κ1) is 21.6. The first-order valence-electron chi connectivity index (χ1n) is 7.51. The van der Waals surface area contributed by atoms with E-state index in [0.29, 0.717) is 0 Å². The maximum Gasteiger partial charge on any atom is 1.00 e. The van der Waals surface area contributed by atoms with Gasteiger partial charge in [0.05, 0.1) is 7.11 Å². The summed E-state index contributed by atoms with van der Waals surface area (Å²) in [7, 11) is 3.22. The second-order valence-corrected chi connectivity index (χ2v) is 5.07. The molecule has 0 heterocycles. The number of ether oxygens (including phenoxy) is 1. The zero-order valence-corrected chi connectivity index (χ0v) is 15.5. The van der Waals surface area contributed by atoms with E-state index in [-0.39, 0.29) is 37.1 Å². The molecule has 0 spiro atoms. The van der Waals surface area contributed by atoms with E-state index in [1.165, 1.54) is 64.9 Å². The van der Waals surface area contributed by atoms with E-state index in [4.69, 9.17) is 0 Å². The number of nitrogens with zero attached hydrogens (tertiary/aromatic N) is 1. The SMILES string of the molecule is CCCCCCCCCCCCN(C)C(=O)OC.[H-].[Na+]. The van der Waals surface area contributed by atoms with Crippen LogP contribution in [-0.4, -0.2) is 31.7 Å². The van der Waals surface area contributed by atoms with Crippen molar-refractivity contribution in [2.75, 3.05) is 20.7 Å². The second-order valence-electron chi connectivity index (χ2n) is 5.07. The second kappa shape index (κ2) is 16.3. The number of unbranched alkanes of at least 4 members (excludes halogenated alkanes) is 9. The molecule has 1 amide bonds. The Morgan fingerprint density at radius 1 is 0.947 bits per heavy atom. The van der Waals surface area contributed by atoms with Gasteiger partial charge in [0.25, 0.3) is 0 Å². The first-order chi connectivity index (χ1) is 8.72. The van der Waals surface area contributed by atoms with Crippen LogP contribution in [0.25, 0.3) is 0 Å². The fraction of sp³-hybridized carbons (Fsp3) is 0.933. The Labute approximate surface area is 143 Å². The molecule has 0 aromatic rings. The minimum atomic E-state index is -0.231. The number of rotatable bonds is 11. The molecule has 0 radical (unpaired) electrons. The van der Waals surface area contributed by atoms with Crippen molar-refractivity contribution >= 4 is 6.09 Å². The summed E-state index contributed by atoms with van der Waals surface area (Å²) in [5, 5.41) is 0. The molecule has 110 valence electrons. The van der Waals surface area contributed by atoms with Crippen LogP contribution in [0.4, 0.5) is 4.79 Å². The topological polar surface area (TPSA) is 29.5 Å². The molecular weight excluding hydrogens is 249 g/mol. The van der Waals surface area contributed by atoms with E-state index in [2.05, 4.69) is 11.7 Å². The Bertz CT molecular complexity index is 206. The summed E-state index contributed by atoms with van der Waals surface area (Å²) in [5.41, 5.74) is 0. The molecule has 19 heavy (non-hydrogen) atoms. The van der Waals surface area contributed by atoms with Crippen LogP contribution in [0.3, 0.4) is 0 Å². The average molecular weight is 281 g/mol. The minimum absolute atomic E-state index is 0. The van der Waals surface area contributed by atoms with Crippen LogP contribution < -0.4 is 29.6 Å². The maximum atomic E-state index is 11.1. The molecule has 0 unspecified atom stereocenters. The van der Waals surface area contributed by atoms with Gasteiger partial charge in [0, 0.05) is 13.6 Å². The van der Waals surface area contributed by atoms with Crippen LogP contribution in [-0.2, 0) is 4.74 Å². The van der Waals surface area contributed by atoms with Gasteiger partial charge in [-0.1, -0.05) is 64.7 Å². The van der Waals surface area contributed by atoms with E-state index in [1.54, 1.807) is 11.9 Å². The molecular formula is C15H32NNaO2. The average Bonchev–Trinajstić information content (AvgIpc) is 2.39. The summed E-state index contributed by atoms with van der Waals surface area (Å²) in [6.07, 6.45) is 13.0. The summed E-state index contributed by atoms with van der Waals surface area (Å²) in [6.45, 7) is 3.06. The Balaban J connectivity index is -0.00000144. The van der Waals surface area contributed by atoms with Crippen molar-refractivity contribution in [1.29, 1.82) is 0 Å². The molecule has 0 aromatic carbocycles. The predicted octanol–water partition coefficient (Wildman–Crippen LogP) is 1.72. The van der Waals surface area contributed by atoms with Crippen LogP contribution in [0.15, 0.2) is 0 Å². The molecule has 0 atom stereocenters. The van der Waals surface area contributed by atoms with Gasteiger partial charge in [-0.05, 0) is 6.42 Å². The van der Waals surface area contributed by atoms with Gasteiger partial charge in [-0.15, -0.1) is 0 Å². The van der Waals surface area contributed by atoms with Crippen molar-refractivity contribution in [2.45, 2.75) is 71.1 Å². The Morgan fingerprint density at radius 2 is 1.37 bits per heavy atom. The van der Waals surface area contributed by atoms with Gasteiger partial charge in [0.2, 0.25) is 0 Å². The molecule has 0 aliphatic carbocycles. The fourth-order valence-electron chi connectivity index (χ4n) is 2.08. The summed E-state index contributed by atoms with van der Waals surface area (Å²) < 4.78 is 4.64. The largest absolute Gasteiger partial charge is 1.00 e. The number of amides is 1. The molecule has 0 saturated carbocycles. The van der Waals surface area contributed by atoms with Crippen LogP contribution in [0.1, 0.15) is 72.6 Å². The first-order valence-corrected chi connectivity index (χ1v) is 7.51. The molecule has 0 saturated heterocycles. The van der Waals surface area contributed by atoms with Crippen molar-refractivity contribution < 1.29 is 40.5 Å². The van der Waals surface area contributed by atoms with E-state index in [9.17, 15) is 4.79 Å². The van der Waals surface area contributed by atoms with Gasteiger partial charge in [0.15, 0.2) is 0 Å². The third-order valence-corrected chi connectivity index (χ3v) is 3.33. The summed E-state index contributed by atoms with van der Waals surface area (Å²) in [4.78, 5) is 12.8. The Morgan fingerprint density at radius 3 is 1.79 bits per heavy atom. The number of carbonyl (C=O) groups excluding carboxylic acids is 1. The molecule has 3 nitrogen and oxygen atoms in total. The zero-order valence-electron chi connectivity index (χ0n) is 14.5. The van der Waals surface area contributed by atoms with Gasteiger partial charge in [0.1, 0.15) is 0 Å². The number of methoxy groups -OCH3 is 1. The molecule has 0 N–H and O–H groups in total. The molecule has 4 heteroatoms. The quantitative estimate of drug-likeness (QED) is 0.426. The molecule has 0 aliphatic heterocycles. The summed E-state index contributed by atoms with van der Waals surface area (Å²) in [5.74, 6) is 0. The van der Waals surface area contributed by atoms with Crippen LogP contribution >= 0.6 is 0 Å². The summed E-state index contributed by atoms with van der Waals surface area (Å²) >= 11 is 0. The smallest absolute Gasteiger partial charge is 1.00 e. The molecule has 0 bridgehead atoms. The van der Waals surface area contributed by atoms with Crippen LogP contribution in [0, 0.1) is 0 Å². The van der Waals surface area contributed by atoms with E-state index in [0.717, 1.165) is 13.0 Å². The third kappa shape index (κ3) is 14.5. The van der Waals surface area contributed by atoms with Crippen molar-refractivity contribution in [3.63, 3.8) is 0 Å². The maximum absolute atomic E-state index is 11.1. The number of hydrogen-bond donors (Lipinski definition) is 0. The van der Waals surface area contributed by atoms with Crippen molar-refractivity contribution in [3.8, 4) is 0 Å². The Hall–Kier alpha value is 0.270. The normalized spacial score (nSPS) is 9.84. The van der Waals surface area contributed by atoms with Gasteiger partial charge < -0.3 is 11.1 Å². The van der Waals surface area contributed by atoms with Gasteiger partial charge >= 0.3 is 35.7 Å². The predicted molar refractivity (Wildman–Crippen MR) is 78.0 cm³/mol. The Kier molecular flexibility index (Phi) is 18.5. The van der Waals surface area contributed by atoms with Gasteiger partial charge in [-0.3, -0.25) is 0 Å². The molecule has 0 rings (SSSR count). The molecule has 0 aliphatic rings. The van der Waals surface area contributed by atoms with E-state index < -0.39 is 0 Å². The van der Waals surface area contributed by atoms with Crippen molar-refractivity contribution in [2.24, 2.45) is 0 Å².